The number of hydrogen-bond donors (Lipinski definition) is 2. The second-order valence-electron chi connectivity index (χ2n) is 7.55. The minimum absolute atomic E-state index is 0.114. The van der Waals surface area contributed by atoms with E-state index in [-0.39, 0.29) is 23.9 Å². The second-order valence-corrected chi connectivity index (χ2v) is 7.55. The summed E-state index contributed by atoms with van der Waals surface area (Å²) in [4.78, 5) is 22.6. The fourth-order valence-corrected chi connectivity index (χ4v) is 3.72. The molecule has 1 saturated heterocycles. The lowest BCUT2D eigenvalue weighted by Gasteiger charge is -2.30. The Morgan fingerprint density at radius 3 is 2.63 bits per heavy atom. The molecule has 0 spiro atoms. The fourth-order valence-electron chi connectivity index (χ4n) is 3.72. The zero-order valence-corrected chi connectivity index (χ0v) is 16.1. The first kappa shape index (κ1) is 19.4. The molecule has 1 saturated carbocycles. The SMILES string of the molecule is CN(C)C(=O)[C@H]1CC[C@H](Nc2ncc(C#N)c(NC3CCCOC3)n2)CC1. The molecule has 2 heterocycles. The molecule has 146 valence electrons. The van der Waals surface area contributed by atoms with Crippen LogP contribution >= 0.6 is 0 Å². The monoisotopic (exact) mass is 372 g/mol. The Balaban J connectivity index is 1.60. The highest BCUT2D eigenvalue weighted by atomic mass is 16.5. The van der Waals surface area contributed by atoms with Crippen LogP contribution in [0.1, 0.15) is 44.1 Å². The minimum atomic E-state index is 0.114. The molecule has 0 aromatic carbocycles. The van der Waals surface area contributed by atoms with Crippen molar-refractivity contribution in [1.29, 1.82) is 5.26 Å². The highest BCUT2D eigenvalue weighted by Crippen LogP contribution is 2.27. The van der Waals surface area contributed by atoms with Crippen molar-refractivity contribution in [3.05, 3.63) is 11.8 Å². The lowest BCUT2D eigenvalue weighted by molar-refractivity contribution is -0.133. The van der Waals surface area contributed by atoms with Crippen LogP contribution in [0.15, 0.2) is 6.20 Å². The standard InChI is InChI=1S/C19H28N6O2/c1-25(2)18(26)13-5-7-15(8-6-13)23-19-21-11-14(10-20)17(24-19)22-16-4-3-9-27-12-16/h11,13,15-16H,3-9,12H2,1-2H3,(H2,21,22,23,24)/t13-,15-,16?. The van der Waals surface area contributed by atoms with Crippen LogP contribution in [0.3, 0.4) is 0 Å². The van der Waals surface area contributed by atoms with Crippen LogP contribution in [0.5, 0.6) is 0 Å². The van der Waals surface area contributed by atoms with Crippen LogP contribution < -0.4 is 10.6 Å². The molecule has 1 amide bonds. The smallest absolute Gasteiger partial charge is 0.225 e. The van der Waals surface area contributed by atoms with E-state index in [2.05, 4.69) is 26.7 Å². The summed E-state index contributed by atoms with van der Waals surface area (Å²) in [5.41, 5.74) is 0.436. The zero-order chi connectivity index (χ0) is 19.2. The predicted octanol–water partition coefficient (Wildman–Crippen LogP) is 2.00. The van der Waals surface area contributed by atoms with Crippen LogP contribution in [0.4, 0.5) is 11.8 Å². The summed E-state index contributed by atoms with van der Waals surface area (Å²) in [5, 5.41) is 16.0. The molecule has 0 radical (unpaired) electrons. The number of rotatable bonds is 5. The summed E-state index contributed by atoms with van der Waals surface area (Å²) in [7, 11) is 3.62. The Morgan fingerprint density at radius 1 is 1.22 bits per heavy atom. The highest BCUT2D eigenvalue weighted by molar-refractivity contribution is 5.78. The lowest BCUT2D eigenvalue weighted by atomic mass is 9.85. The quantitative estimate of drug-likeness (QED) is 0.815. The predicted molar refractivity (Wildman–Crippen MR) is 102 cm³/mol. The molecular weight excluding hydrogens is 344 g/mol. The van der Waals surface area contributed by atoms with Crippen LogP contribution in [0.2, 0.25) is 0 Å². The maximum Gasteiger partial charge on any atom is 0.225 e. The van der Waals surface area contributed by atoms with Crippen LogP contribution in [0, 0.1) is 17.2 Å². The fraction of sp³-hybridized carbons (Fsp3) is 0.684. The Morgan fingerprint density at radius 2 is 2.00 bits per heavy atom. The van der Waals surface area contributed by atoms with Crippen LogP contribution in [0.25, 0.3) is 0 Å². The first-order valence-corrected chi connectivity index (χ1v) is 9.66. The zero-order valence-electron chi connectivity index (χ0n) is 16.1. The first-order valence-electron chi connectivity index (χ1n) is 9.66. The van der Waals surface area contributed by atoms with Crippen molar-refractivity contribution < 1.29 is 9.53 Å². The maximum absolute atomic E-state index is 12.1. The van der Waals surface area contributed by atoms with Crippen molar-refractivity contribution >= 4 is 17.7 Å². The molecule has 8 nitrogen and oxygen atoms in total. The number of nitrogens with one attached hydrogen (secondary N) is 2. The Bertz CT molecular complexity index is 688. The molecule has 1 atom stereocenters. The topological polar surface area (TPSA) is 103 Å². The molecule has 27 heavy (non-hydrogen) atoms. The number of carbonyl (C=O) groups excluding carboxylic acids is 1. The molecule has 1 aromatic rings. The second kappa shape index (κ2) is 9.00. The molecule has 3 rings (SSSR count). The average molecular weight is 372 g/mol. The van der Waals surface area contributed by atoms with Gasteiger partial charge in [0.25, 0.3) is 0 Å². The van der Waals surface area contributed by atoms with Gasteiger partial charge in [-0.25, -0.2) is 4.98 Å². The van der Waals surface area contributed by atoms with E-state index in [4.69, 9.17) is 4.74 Å². The summed E-state index contributed by atoms with van der Waals surface area (Å²) in [6, 6.07) is 2.56. The number of aromatic nitrogens is 2. The Kier molecular flexibility index (Phi) is 6.45. The van der Waals surface area contributed by atoms with Gasteiger partial charge in [-0.3, -0.25) is 4.79 Å². The van der Waals surface area contributed by atoms with Gasteiger partial charge in [-0.2, -0.15) is 10.2 Å². The van der Waals surface area contributed by atoms with Gasteiger partial charge in [0.2, 0.25) is 11.9 Å². The van der Waals surface area contributed by atoms with Gasteiger partial charge in [0.1, 0.15) is 17.5 Å². The molecule has 1 aliphatic carbocycles. The molecule has 8 heteroatoms. The van der Waals surface area contributed by atoms with Crippen molar-refractivity contribution in [2.24, 2.45) is 5.92 Å². The molecule has 0 bridgehead atoms. The lowest BCUT2D eigenvalue weighted by Crippen LogP contribution is -2.35. The average Bonchev–Trinajstić information content (AvgIpc) is 2.69. The number of nitrogens with zero attached hydrogens (tertiary/aromatic N) is 4. The van der Waals surface area contributed by atoms with Gasteiger partial charge in [-0.1, -0.05) is 0 Å². The third-order valence-corrected chi connectivity index (χ3v) is 5.26. The van der Waals surface area contributed by atoms with Gasteiger partial charge in [-0.15, -0.1) is 0 Å². The number of ether oxygens (including phenoxy) is 1. The van der Waals surface area contributed by atoms with Crippen LogP contribution in [-0.4, -0.2) is 60.2 Å². The molecule has 1 aliphatic heterocycles. The van der Waals surface area contributed by atoms with Crippen molar-refractivity contribution in [3.63, 3.8) is 0 Å². The maximum atomic E-state index is 12.1. The summed E-state index contributed by atoms with van der Waals surface area (Å²) in [6.45, 7) is 1.42. The number of carbonyl (C=O) groups is 1. The molecule has 2 fully saturated rings. The summed E-state index contributed by atoms with van der Waals surface area (Å²) < 4.78 is 5.49. The largest absolute Gasteiger partial charge is 0.379 e. The molecule has 1 aromatic heterocycles. The number of anilines is 2. The van der Waals surface area contributed by atoms with Crippen molar-refractivity contribution in [2.75, 3.05) is 37.9 Å². The first-order chi connectivity index (χ1) is 13.1. The molecular formula is C19H28N6O2. The highest BCUT2D eigenvalue weighted by Gasteiger charge is 2.27. The van der Waals surface area contributed by atoms with Gasteiger partial charge in [0.15, 0.2) is 0 Å². The minimum Gasteiger partial charge on any atom is -0.379 e. The van der Waals surface area contributed by atoms with E-state index in [1.165, 1.54) is 0 Å². The number of amides is 1. The van der Waals surface area contributed by atoms with E-state index >= 15 is 0 Å². The van der Waals surface area contributed by atoms with Gasteiger partial charge in [0.05, 0.1) is 18.8 Å². The van der Waals surface area contributed by atoms with E-state index in [1.807, 2.05) is 14.1 Å². The third kappa shape index (κ3) is 5.07. The van der Waals surface area contributed by atoms with E-state index in [9.17, 15) is 10.1 Å². The van der Waals surface area contributed by atoms with E-state index in [0.29, 0.717) is 23.9 Å². The Hall–Kier alpha value is -2.40. The van der Waals surface area contributed by atoms with Gasteiger partial charge in [-0.05, 0) is 38.5 Å². The Labute approximate surface area is 160 Å². The van der Waals surface area contributed by atoms with Gasteiger partial charge in [0, 0.05) is 32.7 Å². The van der Waals surface area contributed by atoms with E-state index in [1.54, 1.807) is 11.1 Å². The van der Waals surface area contributed by atoms with Crippen molar-refractivity contribution in [3.8, 4) is 6.07 Å². The van der Waals surface area contributed by atoms with Gasteiger partial charge < -0.3 is 20.3 Å². The number of nitriles is 1. The summed E-state index contributed by atoms with van der Waals surface area (Å²) in [6.07, 6.45) is 7.12. The molecule has 1 unspecified atom stereocenters. The summed E-state index contributed by atoms with van der Waals surface area (Å²) in [5.74, 6) is 1.41. The third-order valence-electron chi connectivity index (χ3n) is 5.26. The van der Waals surface area contributed by atoms with Crippen LogP contribution in [-0.2, 0) is 9.53 Å². The number of hydrogen-bond acceptors (Lipinski definition) is 7. The van der Waals surface area contributed by atoms with E-state index in [0.717, 1.165) is 45.1 Å². The molecule has 2 aliphatic rings. The van der Waals surface area contributed by atoms with Gasteiger partial charge >= 0.3 is 0 Å². The normalized spacial score (nSPS) is 25.3. The summed E-state index contributed by atoms with van der Waals surface area (Å²) >= 11 is 0. The van der Waals surface area contributed by atoms with E-state index < -0.39 is 0 Å². The van der Waals surface area contributed by atoms with Crippen molar-refractivity contribution in [2.45, 2.75) is 50.6 Å². The van der Waals surface area contributed by atoms with Crippen molar-refractivity contribution in [1.82, 2.24) is 14.9 Å². The molecule has 2 N–H and O–H groups in total.